The van der Waals surface area contributed by atoms with Gasteiger partial charge in [-0.25, -0.2) is 9.97 Å². The van der Waals surface area contributed by atoms with Gasteiger partial charge < -0.3 is 10.1 Å². The van der Waals surface area contributed by atoms with Gasteiger partial charge in [-0.3, -0.25) is 0 Å². The Bertz CT molecular complexity index is 382. The topological polar surface area (TPSA) is 47.0 Å². The lowest BCUT2D eigenvalue weighted by Crippen LogP contribution is -2.43. The minimum atomic E-state index is -0.0849. The summed E-state index contributed by atoms with van der Waals surface area (Å²) in [5.41, 5.74) is -0.0849. The second-order valence-corrected chi connectivity index (χ2v) is 5.32. The van der Waals surface area contributed by atoms with Crippen molar-refractivity contribution in [2.45, 2.75) is 25.3 Å². The van der Waals surface area contributed by atoms with E-state index in [1.165, 1.54) is 6.33 Å². The lowest BCUT2D eigenvalue weighted by molar-refractivity contribution is 0.0538. The van der Waals surface area contributed by atoms with Gasteiger partial charge in [0.05, 0.1) is 16.6 Å². The molecule has 1 N–H and O–H groups in total. The number of anilines is 1. The van der Waals surface area contributed by atoms with E-state index in [1.54, 1.807) is 0 Å². The summed E-state index contributed by atoms with van der Waals surface area (Å²) in [6.45, 7) is 3.64. The summed E-state index contributed by atoms with van der Waals surface area (Å²) in [6, 6.07) is 0. The molecule has 1 aliphatic rings. The number of rotatable bonds is 2. The number of nitrogens with one attached hydrogen (secondary N) is 1. The number of aromatic nitrogens is 2. The van der Waals surface area contributed by atoms with E-state index in [4.69, 9.17) is 16.3 Å². The molecule has 2 rings (SSSR count). The van der Waals surface area contributed by atoms with E-state index in [0.29, 0.717) is 22.1 Å². The Morgan fingerprint density at radius 1 is 1.56 bits per heavy atom. The van der Waals surface area contributed by atoms with E-state index in [-0.39, 0.29) is 5.54 Å². The molecule has 88 valence electrons. The van der Waals surface area contributed by atoms with Gasteiger partial charge in [0, 0.05) is 6.61 Å². The van der Waals surface area contributed by atoms with E-state index in [1.807, 2.05) is 0 Å². The number of ether oxygens (including phenoxy) is 1. The number of hydrogen-bond acceptors (Lipinski definition) is 4. The van der Waals surface area contributed by atoms with Crippen LogP contribution in [0.25, 0.3) is 0 Å². The highest BCUT2D eigenvalue weighted by Crippen LogP contribution is 2.30. The van der Waals surface area contributed by atoms with Crippen molar-refractivity contribution in [2.75, 3.05) is 18.5 Å². The predicted octanol–water partition coefficient (Wildman–Crippen LogP) is 2.87. The SMILES string of the molecule is CC1(Nc2ncnc(Cl)c2Br)CCCOC1. The molecular weight excluding hydrogens is 293 g/mol. The molecule has 0 spiro atoms. The molecule has 1 aromatic heterocycles. The van der Waals surface area contributed by atoms with Crippen molar-refractivity contribution < 1.29 is 4.74 Å². The highest BCUT2D eigenvalue weighted by atomic mass is 79.9. The molecule has 2 heterocycles. The fourth-order valence-corrected chi connectivity index (χ4v) is 2.19. The van der Waals surface area contributed by atoms with E-state index in [9.17, 15) is 0 Å². The lowest BCUT2D eigenvalue weighted by atomic mass is 9.95. The van der Waals surface area contributed by atoms with Crippen LogP contribution in [0.2, 0.25) is 5.15 Å². The predicted molar refractivity (Wildman–Crippen MR) is 66.8 cm³/mol. The Hall–Kier alpha value is -0.390. The standard InChI is InChI=1S/C10H13BrClN3O/c1-10(3-2-4-16-5-10)15-9-7(11)8(12)13-6-14-9/h6H,2-5H2,1H3,(H,13,14,15). The molecule has 1 fully saturated rings. The summed E-state index contributed by atoms with van der Waals surface area (Å²) >= 11 is 9.28. The second-order valence-electron chi connectivity index (χ2n) is 4.17. The maximum Gasteiger partial charge on any atom is 0.148 e. The van der Waals surface area contributed by atoms with Crippen molar-refractivity contribution >= 4 is 33.3 Å². The number of halogens is 2. The molecule has 0 radical (unpaired) electrons. The molecule has 4 nitrogen and oxygen atoms in total. The molecule has 6 heteroatoms. The summed E-state index contributed by atoms with van der Waals surface area (Å²) in [6.07, 6.45) is 3.56. The van der Waals surface area contributed by atoms with E-state index in [2.05, 4.69) is 38.1 Å². The first-order valence-corrected chi connectivity index (χ1v) is 6.30. The lowest BCUT2D eigenvalue weighted by Gasteiger charge is -2.35. The summed E-state index contributed by atoms with van der Waals surface area (Å²) < 4.78 is 6.17. The third kappa shape index (κ3) is 2.64. The molecule has 0 saturated carbocycles. The summed E-state index contributed by atoms with van der Waals surface area (Å²) in [5, 5.41) is 3.77. The first-order chi connectivity index (χ1) is 7.61. The van der Waals surface area contributed by atoms with Crippen LogP contribution in [0.15, 0.2) is 10.8 Å². The Morgan fingerprint density at radius 2 is 2.38 bits per heavy atom. The Morgan fingerprint density at radius 3 is 3.06 bits per heavy atom. The van der Waals surface area contributed by atoms with Gasteiger partial charge in [0.15, 0.2) is 0 Å². The fraction of sp³-hybridized carbons (Fsp3) is 0.600. The van der Waals surface area contributed by atoms with Gasteiger partial charge in [-0.15, -0.1) is 0 Å². The molecule has 16 heavy (non-hydrogen) atoms. The third-order valence-corrected chi connectivity index (χ3v) is 3.87. The maximum absolute atomic E-state index is 5.91. The van der Waals surface area contributed by atoms with Gasteiger partial charge >= 0.3 is 0 Å². The Labute approximate surface area is 108 Å². The van der Waals surface area contributed by atoms with E-state index in [0.717, 1.165) is 19.4 Å². The van der Waals surface area contributed by atoms with Crippen LogP contribution in [-0.4, -0.2) is 28.7 Å². The largest absolute Gasteiger partial charge is 0.379 e. The van der Waals surface area contributed by atoms with Crippen LogP contribution >= 0.6 is 27.5 Å². The van der Waals surface area contributed by atoms with Crippen molar-refractivity contribution in [3.63, 3.8) is 0 Å². The van der Waals surface area contributed by atoms with Crippen LogP contribution in [0.1, 0.15) is 19.8 Å². The first-order valence-electron chi connectivity index (χ1n) is 5.13. The third-order valence-electron chi connectivity index (χ3n) is 2.60. The summed E-state index contributed by atoms with van der Waals surface area (Å²) in [4.78, 5) is 8.06. The average Bonchev–Trinajstić information content (AvgIpc) is 2.26. The smallest absolute Gasteiger partial charge is 0.148 e. The molecule has 0 aromatic carbocycles. The molecule has 1 aliphatic heterocycles. The maximum atomic E-state index is 5.91. The van der Waals surface area contributed by atoms with Crippen molar-refractivity contribution in [3.05, 3.63) is 16.0 Å². The van der Waals surface area contributed by atoms with Gasteiger partial charge in [0.25, 0.3) is 0 Å². The normalized spacial score (nSPS) is 25.4. The van der Waals surface area contributed by atoms with Gasteiger partial charge in [0.1, 0.15) is 17.3 Å². The molecule has 1 unspecified atom stereocenters. The minimum absolute atomic E-state index is 0.0849. The summed E-state index contributed by atoms with van der Waals surface area (Å²) in [7, 11) is 0. The second kappa shape index (κ2) is 4.85. The molecule has 0 bridgehead atoms. The first kappa shape index (κ1) is 12.1. The number of nitrogens with zero attached hydrogens (tertiary/aromatic N) is 2. The molecule has 0 aliphatic carbocycles. The van der Waals surface area contributed by atoms with Crippen molar-refractivity contribution in [1.29, 1.82) is 0 Å². The van der Waals surface area contributed by atoms with Crippen LogP contribution in [0, 0.1) is 0 Å². The molecule has 1 saturated heterocycles. The zero-order valence-electron chi connectivity index (χ0n) is 8.96. The highest BCUT2D eigenvalue weighted by Gasteiger charge is 2.28. The average molecular weight is 307 g/mol. The molecule has 0 amide bonds. The van der Waals surface area contributed by atoms with Crippen LogP contribution < -0.4 is 5.32 Å². The molecule has 1 aromatic rings. The quantitative estimate of drug-likeness (QED) is 0.854. The summed E-state index contributed by atoms with van der Waals surface area (Å²) in [5.74, 6) is 0.716. The van der Waals surface area contributed by atoms with Crippen LogP contribution in [0.3, 0.4) is 0 Å². The molecule has 1 atom stereocenters. The van der Waals surface area contributed by atoms with Gasteiger partial charge in [0.2, 0.25) is 0 Å². The van der Waals surface area contributed by atoms with Crippen molar-refractivity contribution in [2.24, 2.45) is 0 Å². The van der Waals surface area contributed by atoms with Gasteiger partial charge in [-0.1, -0.05) is 11.6 Å². The van der Waals surface area contributed by atoms with E-state index >= 15 is 0 Å². The van der Waals surface area contributed by atoms with Crippen LogP contribution in [-0.2, 0) is 4.74 Å². The zero-order valence-corrected chi connectivity index (χ0v) is 11.3. The van der Waals surface area contributed by atoms with Gasteiger partial charge in [-0.05, 0) is 35.7 Å². The van der Waals surface area contributed by atoms with Gasteiger partial charge in [-0.2, -0.15) is 0 Å². The fourth-order valence-electron chi connectivity index (χ4n) is 1.75. The Balaban J connectivity index is 2.16. The zero-order chi connectivity index (χ0) is 11.6. The van der Waals surface area contributed by atoms with Crippen LogP contribution in [0.4, 0.5) is 5.82 Å². The van der Waals surface area contributed by atoms with Crippen molar-refractivity contribution in [1.82, 2.24) is 9.97 Å². The monoisotopic (exact) mass is 305 g/mol. The van der Waals surface area contributed by atoms with Crippen molar-refractivity contribution in [3.8, 4) is 0 Å². The van der Waals surface area contributed by atoms with Crippen LogP contribution in [0.5, 0.6) is 0 Å². The molecular formula is C10H13BrClN3O. The highest BCUT2D eigenvalue weighted by molar-refractivity contribution is 9.10. The Kier molecular flexibility index (Phi) is 3.66. The minimum Gasteiger partial charge on any atom is -0.379 e. The van der Waals surface area contributed by atoms with E-state index < -0.39 is 0 Å². The number of hydrogen-bond donors (Lipinski definition) is 1.